The Balaban J connectivity index is 1.20. The fraction of sp³-hybridized carbons (Fsp3) is 0.478. The van der Waals surface area contributed by atoms with Crippen molar-refractivity contribution in [2.24, 2.45) is 5.73 Å². The minimum Gasteiger partial charge on any atom is -0.365 e. The maximum Gasteiger partial charge on any atom is 0.258 e. The van der Waals surface area contributed by atoms with Gasteiger partial charge >= 0.3 is 0 Å². The Morgan fingerprint density at radius 3 is 3.00 bits per heavy atom. The maximum atomic E-state index is 12.9. The van der Waals surface area contributed by atoms with Gasteiger partial charge in [-0.3, -0.25) is 14.5 Å². The Hall–Kier alpha value is -2.18. The van der Waals surface area contributed by atoms with Gasteiger partial charge < -0.3 is 11.1 Å². The number of fused-ring (bicyclic) bond motifs is 1. The second-order valence-electron chi connectivity index (χ2n) is 8.64. The van der Waals surface area contributed by atoms with Crippen LogP contribution < -0.4 is 11.1 Å². The summed E-state index contributed by atoms with van der Waals surface area (Å²) in [5, 5.41) is 3.15. The fourth-order valence-corrected chi connectivity index (χ4v) is 6.50. The zero-order valence-corrected chi connectivity index (χ0v) is 17.4. The highest BCUT2D eigenvalue weighted by Gasteiger charge is 2.48. The number of unbranched alkanes of at least 4 members (excludes halogenated alkanes) is 1. The van der Waals surface area contributed by atoms with Crippen molar-refractivity contribution >= 4 is 28.8 Å². The van der Waals surface area contributed by atoms with Gasteiger partial charge in [0.25, 0.3) is 5.91 Å². The number of nitrogens with two attached hydrogens (primary N) is 1. The van der Waals surface area contributed by atoms with Crippen LogP contribution in [-0.2, 0) is 29.6 Å². The number of carbonyl (C=O) groups is 2. The Kier molecular flexibility index (Phi) is 4.71. The van der Waals surface area contributed by atoms with E-state index in [-0.39, 0.29) is 17.2 Å². The van der Waals surface area contributed by atoms with Gasteiger partial charge in [-0.15, -0.1) is 11.3 Å². The molecule has 6 heteroatoms. The Morgan fingerprint density at radius 2 is 2.14 bits per heavy atom. The number of amides is 2. The molecular weight excluding hydrogens is 382 g/mol. The Morgan fingerprint density at radius 1 is 1.24 bits per heavy atom. The number of nitrogens with zero attached hydrogens (tertiary/aromatic N) is 1. The summed E-state index contributed by atoms with van der Waals surface area (Å²) in [4.78, 5) is 28.8. The molecule has 5 rings (SSSR count). The quantitative estimate of drug-likeness (QED) is 0.716. The first-order valence-corrected chi connectivity index (χ1v) is 11.5. The van der Waals surface area contributed by atoms with E-state index in [0.29, 0.717) is 4.88 Å². The largest absolute Gasteiger partial charge is 0.365 e. The number of rotatable bonds is 6. The molecule has 1 unspecified atom stereocenters. The Bertz CT molecular complexity index is 982. The van der Waals surface area contributed by atoms with Crippen LogP contribution in [0.5, 0.6) is 0 Å². The maximum absolute atomic E-state index is 12.9. The van der Waals surface area contributed by atoms with Gasteiger partial charge in [-0.2, -0.15) is 0 Å². The van der Waals surface area contributed by atoms with E-state index in [9.17, 15) is 9.59 Å². The molecule has 0 fully saturated rings. The molecule has 3 aliphatic rings. The SMILES string of the molecule is NC(=O)c1cc2c(s1)CCN(CCCCC13CCCc4cccc(c41)NC3=O)C2. The number of thiophene rings is 1. The van der Waals surface area contributed by atoms with Crippen molar-refractivity contribution in [2.45, 2.75) is 56.9 Å². The molecule has 1 aromatic carbocycles. The van der Waals surface area contributed by atoms with Gasteiger partial charge in [-0.05, 0) is 73.9 Å². The summed E-state index contributed by atoms with van der Waals surface area (Å²) in [6.07, 6.45) is 7.24. The van der Waals surface area contributed by atoms with E-state index in [0.717, 1.165) is 70.3 Å². The van der Waals surface area contributed by atoms with Crippen molar-refractivity contribution in [3.05, 3.63) is 50.7 Å². The van der Waals surface area contributed by atoms with E-state index in [4.69, 9.17) is 5.73 Å². The molecule has 1 atom stereocenters. The van der Waals surface area contributed by atoms with E-state index in [1.807, 2.05) is 6.07 Å². The van der Waals surface area contributed by atoms with Crippen LogP contribution in [0.15, 0.2) is 24.3 Å². The predicted molar refractivity (Wildman–Crippen MR) is 115 cm³/mol. The second-order valence-corrected chi connectivity index (χ2v) is 9.77. The number of nitrogens with one attached hydrogen (secondary N) is 1. The fourth-order valence-electron chi connectivity index (χ4n) is 5.48. The number of hydrogen-bond donors (Lipinski definition) is 2. The first kappa shape index (κ1) is 18.8. The summed E-state index contributed by atoms with van der Waals surface area (Å²) in [7, 11) is 0. The van der Waals surface area contributed by atoms with E-state index in [1.165, 1.54) is 21.6 Å². The van der Waals surface area contributed by atoms with Gasteiger partial charge in [-0.25, -0.2) is 0 Å². The van der Waals surface area contributed by atoms with Crippen LogP contribution >= 0.6 is 11.3 Å². The molecule has 152 valence electrons. The molecule has 5 nitrogen and oxygen atoms in total. The minimum atomic E-state index is -0.322. The molecule has 3 N–H and O–H groups in total. The van der Waals surface area contributed by atoms with Crippen molar-refractivity contribution in [2.75, 3.05) is 18.4 Å². The number of primary amides is 1. The topological polar surface area (TPSA) is 75.4 Å². The molecule has 1 aliphatic carbocycles. The van der Waals surface area contributed by atoms with Crippen molar-refractivity contribution in [3.8, 4) is 0 Å². The molecule has 0 saturated carbocycles. The van der Waals surface area contributed by atoms with E-state index in [2.05, 4.69) is 28.4 Å². The lowest BCUT2D eigenvalue weighted by Crippen LogP contribution is -2.37. The average Bonchev–Trinajstić information content (AvgIpc) is 3.26. The molecule has 2 aliphatic heterocycles. The van der Waals surface area contributed by atoms with Gasteiger partial charge in [0.15, 0.2) is 0 Å². The highest BCUT2D eigenvalue weighted by Crippen LogP contribution is 2.49. The monoisotopic (exact) mass is 409 g/mol. The number of benzene rings is 1. The molecule has 0 spiro atoms. The molecule has 29 heavy (non-hydrogen) atoms. The third-order valence-electron chi connectivity index (χ3n) is 6.88. The molecule has 2 aromatic rings. The van der Waals surface area contributed by atoms with Crippen LogP contribution in [0, 0.1) is 0 Å². The van der Waals surface area contributed by atoms with Crippen molar-refractivity contribution in [1.29, 1.82) is 0 Å². The van der Waals surface area contributed by atoms with Gasteiger partial charge in [0.1, 0.15) is 0 Å². The lowest BCUT2D eigenvalue weighted by atomic mass is 9.68. The van der Waals surface area contributed by atoms with E-state index in [1.54, 1.807) is 11.3 Å². The molecule has 0 bridgehead atoms. The summed E-state index contributed by atoms with van der Waals surface area (Å²) >= 11 is 1.55. The van der Waals surface area contributed by atoms with Crippen LogP contribution in [0.4, 0.5) is 5.69 Å². The number of hydrogen-bond acceptors (Lipinski definition) is 4. The zero-order chi connectivity index (χ0) is 20.0. The van der Waals surface area contributed by atoms with Crippen molar-refractivity contribution < 1.29 is 9.59 Å². The lowest BCUT2D eigenvalue weighted by Gasteiger charge is -2.33. The predicted octanol–water partition coefficient (Wildman–Crippen LogP) is 3.60. The first-order chi connectivity index (χ1) is 14.1. The molecule has 0 radical (unpaired) electrons. The van der Waals surface area contributed by atoms with E-state index < -0.39 is 0 Å². The molecular formula is C23H27N3O2S. The van der Waals surface area contributed by atoms with Crippen LogP contribution in [-0.4, -0.2) is 29.8 Å². The third-order valence-corrected chi connectivity index (χ3v) is 8.13. The Labute approximate surface area is 175 Å². The summed E-state index contributed by atoms with van der Waals surface area (Å²) in [6.45, 7) is 2.97. The summed E-state index contributed by atoms with van der Waals surface area (Å²) in [5.74, 6) is -0.114. The summed E-state index contributed by atoms with van der Waals surface area (Å²) < 4.78 is 0. The third kappa shape index (κ3) is 3.19. The van der Waals surface area contributed by atoms with Crippen LogP contribution in [0.1, 0.15) is 63.3 Å². The molecule has 2 amide bonds. The zero-order valence-electron chi connectivity index (χ0n) is 16.6. The minimum absolute atomic E-state index is 0.208. The van der Waals surface area contributed by atoms with Gasteiger partial charge in [-0.1, -0.05) is 18.6 Å². The van der Waals surface area contributed by atoms with Gasteiger partial charge in [0.05, 0.1) is 10.3 Å². The number of aryl methyl sites for hydroxylation is 1. The number of carbonyl (C=O) groups excluding carboxylic acids is 2. The normalized spacial score (nSPS) is 22.8. The van der Waals surface area contributed by atoms with Gasteiger partial charge in [0, 0.05) is 23.7 Å². The first-order valence-electron chi connectivity index (χ1n) is 10.6. The van der Waals surface area contributed by atoms with E-state index >= 15 is 0 Å². The number of anilines is 1. The molecule has 3 heterocycles. The highest BCUT2D eigenvalue weighted by atomic mass is 32.1. The summed E-state index contributed by atoms with van der Waals surface area (Å²) in [5.41, 5.74) is 10.1. The average molecular weight is 410 g/mol. The van der Waals surface area contributed by atoms with Gasteiger partial charge in [0.2, 0.25) is 5.91 Å². The standard InChI is InChI=1S/C23H27N3O2S/c24-21(27)19-13-16-14-26(12-8-18(16)29-19)11-2-1-9-23-10-4-6-15-5-3-7-17(20(15)23)25-22(23)28/h3,5,7,13H,1-2,4,6,8-12,14H2,(H2,24,27)(H,25,28). The summed E-state index contributed by atoms with van der Waals surface area (Å²) in [6, 6.07) is 8.28. The molecule has 1 aromatic heterocycles. The van der Waals surface area contributed by atoms with Crippen LogP contribution in [0.2, 0.25) is 0 Å². The van der Waals surface area contributed by atoms with Crippen LogP contribution in [0.3, 0.4) is 0 Å². The van der Waals surface area contributed by atoms with Crippen LogP contribution in [0.25, 0.3) is 0 Å². The smallest absolute Gasteiger partial charge is 0.258 e. The molecule has 0 saturated heterocycles. The lowest BCUT2D eigenvalue weighted by molar-refractivity contribution is -0.121. The van der Waals surface area contributed by atoms with Crippen molar-refractivity contribution in [1.82, 2.24) is 4.90 Å². The highest BCUT2D eigenvalue weighted by molar-refractivity contribution is 7.14. The van der Waals surface area contributed by atoms with Crippen molar-refractivity contribution in [3.63, 3.8) is 0 Å². The second kappa shape index (κ2) is 7.26.